The Morgan fingerprint density at radius 2 is 2.12 bits per heavy atom. The quantitative estimate of drug-likeness (QED) is 0.856. The van der Waals surface area contributed by atoms with Gasteiger partial charge in [-0.3, -0.25) is 4.98 Å². The number of aromatic nitrogens is 2. The summed E-state index contributed by atoms with van der Waals surface area (Å²) < 4.78 is 2.24. The van der Waals surface area contributed by atoms with Crippen molar-refractivity contribution in [3.8, 4) is 0 Å². The van der Waals surface area contributed by atoms with E-state index in [4.69, 9.17) is 0 Å². The summed E-state index contributed by atoms with van der Waals surface area (Å²) in [6.07, 6.45) is 8.50. The van der Waals surface area contributed by atoms with Gasteiger partial charge in [-0.05, 0) is 43.0 Å². The second kappa shape index (κ2) is 4.34. The molecule has 0 bridgehead atoms. The maximum atomic E-state index is 9.92. The molecule has 1 N–H and O–H groups in total. The van der Waals surface area contributed by atoms with Crippen molar-refractivity contribution in [2.24, 2.45) is 0 Å². The normalized spacial score (nSPS) is 19.0. The Labute approximate surface area is 101 Å². The van der Waals surface area contributed by atoms with Crippen LogP contribution in [-0.4, -0.2) is 14.7 Å². The number of pyridine rings is 1. The summed E-state index contributed by atoms with van der Waals surface area (Å²) in [6.45, 7) is 0.866. The fourth-order valence-corrected chi connectivity index (χ4v) is 2.56. The van der Waals surface area contributed by atoms with E-state index in [-0.39, 0.29) is 6.10 Å². The molecule has 0 saturated carbocycles. The van der Waals surface area contributed by atoms with E-state index in [1.165, 1.54) is 11.3 Å². The van der Waals surface area contributed by atoms with Crippen LogP contribution in [0.2, 0.25) is 0 Å². The molecule has 1 aliphatic rings. The Morgan fingerprint density at radius 3 is 2.94 bits per heavy atom. The number of hydrogen-bond acceptors (Lipinski definition) is 2. The van der Waals surface area contributed by atoms with Gasteiger partial charge in [0.25, 0.3) is 0 Å². The van der Waals surface area contributed by atoms with Crippen LogP contribution in [0.3, 0.4) is 0 Å². The number of hydrogen-bond donors (Lipinski definition) is 1. The summed E-state index contributed by atoms with van der Waals surface area (Å²) in [4.78, 5) is 4.02. The molecule has 0 saturated heterocycles. The monoisotopic (exact) mass is 228 g/mol. The van der Waals surface area contributed by atoms with Crippen LogP contribution in [0.1, 0.15) is 35.8 Å². The lowest BCUT2D eigenvalue weighted by atomic mass is 9.95. The van der Waals surface area contributed by atoms with Gasteiger partial charge < -0.3 is 9.67 Å². The molecule has 0 spiro atoms. The van der Waals surface area contributed by atoms with Crippen LogP contribution in [0.5, 0.6) is 0 Å². The predicted molar refractivity (Wildman–Crippen MR) is 65.7 cm³/mol. The maximum Gasteiger partial charge on any atom is 0.0807 e. The fourth-order valence-electron chi connectivity index (χ4n) is 2.56. The van der Waals surface area contributed by atoms with E-state index in [0.29, 0.717) is 0 Å². The summed E-state index contributed by atoms with van der Waals surface area (Å²) >= 11 is 0. The van der Waals surface area contributed by atoms with Crippen LogP contribution in [0, 0.1) is 0 Å². The third kappa shape index (κ3) is 1.98. The average molecular weight is 228 g/mol. The van der Waals surface area contributed by atoms with Gasteiger partial charge in [0.05, 0.1) is 6.10 Å². The highest BCUT2D eigenvalue weighted by Gasteiger charge is 2.20. The topological polar surface area (TPSA) is 38.0 Å². The Morgan fingerprint density at radius 1 is 1.29 bits per heavy atom. The first kappa shape index (κ1) is 10.5. The van der Waals surface area contributed by atoms with E-state index in [0.717, 1.165) is 31.4 Å². The van der Waals surface area contributed by atoms with Gasteiger partial charge in [-0.1, -0.05) is 0 Å². The van der Waals surface area contributed by atoms with Crippen molar-refractivity contribution in [3.63, 3.8) is 0 Å². The Kier molecular flexibility index (Phi) is 2.69. The van der Waals surface area contributed by atoms with Crippen molar-refractivity contribution in [2.45, 2.75) is 31.9 Å². The molecule has 2 aromatic heterocycles. The Balaban J connectivity index is 1.90. The van der Waals surface area contributed by atoms with E-state index >= 15 is 0 Å². The minimum Gasteiger partial charge on any atom is -0.388 e. The molecule has 3 rings (SSSR count). The largest absolute Gasteiger partial charge is 0.388 e. The van der Waals surface area contributed by atoms with E-state index in [2.05, 4.69) is 21.8 Å². The highest BCUT2D eigenvalue weighted by atomic mass is 16.3. The lowest BCUT2D eigenvalue weighted by Gasteiger charge is -2.20. The van der Waals surface area contributed by atoms with E-state index in [1.54, 1.807) is 0 Å². The molecule has 2 heterocycles. The van der Waals surface area contributed by atoms with Gasteiger partial charge in [0.1, 0.15) is 0 Å². The van der Waals surface area contributed by atoms with Gasteiger partial charge in [-0.25, -0.2) is 0 Å². The van der Waals surface area contributed by atoms with Crippen molar-refractivity contribution in [3.05, 3.63) is 53.6 Å². The lowest BCUT2D eigenvalue weighted by Crippen LogP contribution is -2.12. The van der Waals surface area contributed by atoms with Gasteiger partial charge >= 0.3 is 0 Å². The number of aliphatic hydroxyl groups excluding tert-OH is 1. The number of fused-ring (bicyclic) bond motifs is 1. The third-order valence-electron chi connectivity index (χ3n) is 3.47. The number of nitrogens with zero attached hydrogens (tertiary/aromatic N) is 2. The van der Waals surface area contributed by atoms with Gasteiger partial charge in [-0.15, -0.1) is 0 Å². The van der Waals surface area contributed by atoms with Gasteiger partial charge in [0.2, 0.25) is 0 Å². The molecule has 17 heavy (non-hydrogen) atoms. The minimum absolute atomic E-state index is 0.266. The van der Waals surface area contributed by atoms with Gasteiger partial charge in [0.15, 0.2) is 0 Å². The Hall–Kier alpha value is -1.61. The summed E-state index contributed by atoms with van der Waals surface area (Å²) in [5.41, 5.74) is 3.66. The third-order valence-corrected chi connectivity index (χ3v) is 3.47. The van der Waals surface area contributed by atoms with E-state index in [9.17, 15) is 5.11 Å². The SMILES string of the molecule is OC1CCCc2c1ccn2Cc1ccncc1. The number of rotatable bonds is 2. The summed E-state index contributed by atoms with van der Waals surface area (Å²) in [7, 11) is 0. The van der Waals surface area contributed by atoms with Crippen LogP contribution in [0.15, 0.2) is 36.8 Å². The summed E-state index contributed by atoms with van der Waals surface area (Å²) in [5, 5.41) is 9.92. The zero-order chi connectivity index (χ0) is 11.7. The second-order valence-electron chi connectivity index (χ2n) is 4.61. The van der Waals surface area contributed by atoms with Crippen LogP contribution < -0.4 is 0 Å². The highest BCUT2D eigenvalue weighted by molar-refractivity contribution is 5.28. The maximum absolute atomic E-state index is 9.92. The first-order valence-electron chi connectivity index (χ1n) is 6.09. The molecule has 3 nitrogen and oxygen atoms in total. The zero-order valence-electron chi connectivity index (χ0n) is 9.71. The molecule has 1 unspecified atom stereocenters. The zero-order valence-corrected chi connectivity index (χ0v) is 9.71. The molecule has 0 fully saturated rings. The molecule has 1 aliphatic carbocycles. The molecule has 88 valence electrons. The van der Waals surface area contributed by atoms with E-state index < -0.39 is 0 Å². The van der Waals surface area contributed by atoms with Crippen molar-refractivity contribution in [1.82, 2.24) is 9.55 Å². The molecule has 2 aromatic rings. The summed E-state index contributed by atoms with van der Waals surface area (Å²) in [5.74, 6) is 0. The molecule has 3 heteroatoms. The first-order valence-corrected chi connectivity index (χ1v) is 6.09. The Bertz CT molecular complexity index is 504. The molecule has 0 radical (unpaired) electrons. The molecule has 0 amide bonds. The first-order chi connectivity index (χ1) is 8.34. The minimum atomic E-state index is -0.266. The standard InChI is InChI=1S/C14H16N2O/c17-14-3-1-2-13-12(14)6-9-16(13)10-11-4-7-15-8-5-11/h4-9,14,17H,1-3,10H2. The van der Waals surface area contributed by atoms with Crippen LogP contribution in [0.4, 0.5) is 0 Å². The van der Waals surface area contributed by atoms with Crippen LogP contribution in [0.25, 0.3) is 0 Å². The van der Waals surface area contributed by atoms with Crippen LogP contribution >= 0.6 is 0 Å². The van der Waals surface area contributed by atoms with Crippen molar-refractivity contribution >= 4 is 0 Å². The van der Waals surface area contributed by atoms with Gasteiger partial charge in [-0.2, -0.15) is 0 Å². The molecular weight excluding hydrogens is 212 g/mol. The second-order valence-corrected chi connectivity index (χ2v) is 4.61. The lowest BCUT2D eigenvalue weighted by molar-refractivity contribution is 0.156. The van der Waals surface area contributed by atoms with Crippen molar-refractivity contribution in [1.29, 1.82) is 0 Å². The fraction of sp³-hybridized carbons (Fsp3) is 0.357. The average Bonchev–Trinajstić information content (AvgIpc) is 2.76. The van der Waals surface area contributed by atoms with E-state index in [1.807, 2.05) is 24.5 Å². The smallest absolute Gasteiger partial charge is 0.0807 e. The van der Waals surface area contributed by atoms with Crippen LogP contribution in [-0.2, 0) is 13.0 Å². The van der Waals surface area contributed by atoms with Crippen molar-refractivity contribution < 1.29 is 5.11 Å². The molecule has 1 atom stereocenters. The molecule has 0 aromatic carbocycles. The van der Waals surface area contributed by atoms with Crippen molar-refractivity contribution in [2.75, 3.05) is 0 Å². The molecule has 0 aliphatic heterocycles. The summed E-state index contributed by atoms with van der Waals surface area (Å²) in [6, 6.07) is 6.12. The highest BCUT2D eigenvalue weighted by Crippen LogP contribution is 2.30. The van der Waals surface area contributed by atoms with Gasteiger partial charge in [0, 0.05) is 36.4 Å². The predicted octanol–water partition coefficient (Wildman–Crippen LogP) is 2.30. The number of aliphatic hydroxyl groups is 1. The molecular formula is C14H16N2O.